The molecule has 0 radical (unpaired) electrons. The molecule has 3 amide bonds. The number of nitrogens with one attached hydrogen (secondary N) is 1. The Balaban J connectivity index is 2.23. The lowest BCUT2D eigenvalue weighted by Crippen LogP contribution is -2.33. The molecule has 0 aromatic carbocycles. The number of nitrogens with zero attached hydrogens (tertiary/aromatic N) is 1. The van der Waals surface area contributed by atoms with Gasteiger partial charge in [-0.3, -0.25) is 24.1 Å². The second-order valence-electron chi connectivity index (χ2n) is 8.86. The van der Waals surface area contributed by atoms with Crippen LogP contribution in [0.1, 0.15) is 72.1 Å². The minimum atomic E-state index is -0.555. The second-order valence-corrected chi connectivity index (χ2v) is 8.86. The number of carbonyl (C=O) groups excluding carboxylic acids is 5. The van der Waals surface area contributed by atoms with E-state index in [4.69, 9.17) is 9.47 Å². The highest BCUT2D eigenvalue weighted by molar-refractivity contribution is 6.12. The van der Waals surface area contributed by atoms with Gasteiger partial charge >= 0.3 is 12.1 Å². The molecule has 1 rings (SSSR count). The third-order valence-corrected chi connectivity index (χ3v) is 4.89. The number of hydrogen-bond acceptors (Lipinski definition) is 7. The molecule has 1 aliphatic heterocycles. The number of hydrogen-bond donors (Lipinski definition) is 1. The summed E-state index contributed by atoms with van der Waals surface area (Å²) >= 11 is 0. The molecule has 180 valence electrons. The number of methoxy groups -OCH3 is 1. The molecule has 1 heterocycles. The first-order valence-electron chi connectivity index (χ1n) is 11.1. The molecule has 0 aromatic heterocycles. The Bertz CT molecular complexity index is 692. The fraction of sp³-hybridized carbons (Fsp3) is 0.696. The summed E-state index contributed by atoms with van der Waals surface area (Å²) in [5, 5.41) is 2.67. The fourth-order valence-electron chi connectivity index (χ4n) is 3.29. The molecular weight excluding hydrogens is 416 g/mol. The SMILES string of the molecule is COC(=O)C(CCCCNC(=O)OC(C)(C)C)CC(=O)CCCCCN1C(=O)C=CC1=O. The van der Waals surface area contributed by atoms with E-state index < -0.39 is 23.6 Å². The van der Waals surface area contributed by atoms with Gasteiger partial charge in [-0.25, -0.2) is 4.79 Å². The summed E-state index contributed by atoms with van der Waals surface area (Å²) in [6, 6.07) is 0. The number of ether oxygens (including phenoxy) is 2. The van der Waals surface area contributed by atoms with Crippen molar-refractivity contribution < 1.29 is 33.4 Å². The van der Waals surface area contributed by atoms with Gasteiger partial charge in [0.1, 0.15) is 11.4 Å². The molecule has 0 aromatic rings. The third-order valence-electron chi connectivity index (χ3n) is 4.89. The topological polar surface area (TPSA) is 119 Å². The summed E-state index contributed by atoms with van der Waals surface area (Å²) in [5.41, 5.74) is -0.555. The Hall–Kier alpha value is -2.71. The van der Waals surface area contributed by atoms with E-state index >= 15 is 0 Å². The quantitative estimate of drug-likeness (QED) is 0.244. The minimum absolute atomic E-state index is 0.0118. The van der Waals surface area contributed by atoms with Gasteiger partial charge in [0.2, 0.25) is 0 Å². The maximum Gasteiger partial charge on any atom is 0.407 e. The normalized spacial score (nSPS) is 14.4. The van der Waals surface area contributed by atoms with Gasteiger partial charge in [0.25, 0.3) is 11.8 Å². The van der Waals surface area contributed by atoms with E-state index in [1.807, 2.05) is 0 Å². The minimum Gasteiger partial charge on any atom is -0.469 e. The second kappa shape index (κ2) is 13.6. The maximum atomic E-state index is 12.3. The standard InChI is InChI=1S/C23H36N2O7/c1-23(2,3)32-22(30)24-14-8-7-10-17(21(29)31-4)16-18(26)11-6-5-9-15-25-19(27)12-13-20(25)28/h12-13,17H,5-11,14-16H2,1-4H3,(H,24,30). The van der Waals surface area contributed by atoms with E-state index in [1.54, 1.807) is 20.8 Å². The average molecular weight is 453 g/mol. The van der Waals surface area contributed by atoms with Crippen molar-refractivity contribution in [3.05, 3.63) is 12.2 Å². The van der Waals surface area contributed by atoms with Gasteiger partial charge in [-0.1, -0.05) is 12.8 Å². The van der Waals surface area contributed by atoms with E-state index in [0.29, 0.717) is 58.0 Å². The zero-order valence-electron chi connectivity index (χ0n) is 19.6. The number of unbranched alkanes of at least 4 members (excludes halogenated alkanes) is 3. The van der Waals surface area contributed by atoms with Gasteiger partial charge in [0.15, 0.2) is 0 Å². The van der Waals surface area contributed by atoms with Crippen LogP contribution in [0.2, 0.25) is 0 Å². The molecule has 0 spiro atoms. The van der Waals surface area contributed by atoms with Gasteiger partial charge in [0.05, 0.1) is 13.0 Å². The van der Waals surface area contributed by atoms with Crippen molar-refractivity contribution in [2.24, 2.45) is 5.92 Å². The Morgan fingerprint density at radius 3 is 2.25 bits per heavy atom. The Labute approximate surface area is 189 Å². The van der Waals surface area contributed by atoms with E-state index in [9.17, 15) is 24.0 Å². The number of imide groups is 1. The van der Waals surface area contributed by atoms with Gasteiger partial charge in [-0.05, 0) is 46.5 Å². The Kier molecular flexibility index (Phi) is 11.7. The van der Waals surface area contributed by atoms with E-state index in [1.165, 1.54) is 24.2 Å². The summed E-state index contributed by atoms with van der Waals surface area (Å²) in [4.78, 5) is 60.1. The average Bonchev–Trinajstić information content (AvgIpc) is 3.02. The Morgan fingerprint density at radius 2 is 1.66 bits per heavy atom. The maximum absolute atomic E-state index is 12.3. The summed E-state index contributed by atoms with van der Waals surface area (Å²) in [6.07, 6.45) is 6.30. The highest BCUT2D eigenvalue weighted by atomic mass is 16.6. The third kappa shape index (κ3) is 11.1. The first-order valence-corrected chi connectivity index (χ1v) is 11.1. The van der Waals surface area contributed by atoms with Gasteiger partial charge in [-0.2, -0.15) is 0 Å². The number of alkyl carbamates (subject to hydrolysis) is 1. The number of rotatable bonds is 14. The predicted molar refractivity (Wildman–Crippen MR) is 118 cm³/mol. The van der Waals surface area contributed by atoms with Crippen LogP contribution in [-0.4, -0.2) is 60.4 Å². The van der Waals surface area contributed by atoms with Crippen molar-refractivity contribution >= 4 is 29.7 Å². The lowest BCUT2D eigenvalue weighted by molar-refractivity contribution is -0.147. The van der Waals surface area contributed by atoms with E-state index in [2.05, 4.69) is 5.32 Å². The summed E-state index contributed by atoms with van der Waals surface area (Å²) in [5.74, 6) is -1.51. The van der Waals surface area contributed by atoms with E-state index in [0.717, 1.165) is 0 Å². The molecule has 9 nitrogen and oxygen atoms in total. The van der Waals surface area contributed by atoms with Crippen molar-refractivity contribution in [2.75, 3.05) is 20.2 Å². The van der Waals surface area contributed by atoms with Crippen molar-refractivity contribution in [1.82, 2.24) is 10.2 Å². The fourth-order valence-corrected chi connectivity index (χ4v) is 3.29. The number of Topliss-reactive ketones (excluding diaryl/α,β-unsaturated/α-hetero) is 1. The highest BCUT2D eigenvalue weighted by Gasteiger charge is 2.23. The van der Waals surface area contributed by atoms with E-state index in [-0.39, 0.29) is 24.0 Å². The van der Waals surface area contributed by atoms with Crippen LogP contribution in [0.25, 0.3) is 0 Å². The molecule has 0 aliphatic carbocycles. The molecule has 1 unspecified atom stereocenters. The lowest BCUT2D eigenvalue weighted by Gasteiger charge is -2.19. The van der Waals surface area contributed by atoms with Gasteiger partial charge < -0.3 is 14.8 Å². The zero-order chi connectivity index (χ0) is 24.1. The van der Waals surface area contributed by atoms with Crippen molar-refractivity contribution in [1.29, 1.82) is 0 Å². The number of esters is 1. The number of amides is 3. The Morgan fingerprint density at radius 1 is 1.00 bits per heavy atom. The smallest absolute Gasteiger partial charge is 0.407 e. The molecule has 32 heavy (non-hydrogen) atoms. The largest absolute Gasteiger partial charge is 0.469 e. The summed E-state index contributed by atoms with van der Waals surface area (Å²) in [7, 11) is 1.31. The van der Waals surface area contributed by atoms with Crippen LogP contribution in [0, 0.1) is 5.92 Å². The van der Waals surface area contributed by atoms with Crippen LogP contribution in [0.5, 0.6) is 0 Å². The molecule has 1 N–H and O–H groups in total. The van der Waals surface area contributed by atoms with Crippen molar-refractivity contribution in [2.45, 2.75) is 77.7 Å². The van der Waals surface area contributed by atoms with Crippen LogP contribution in [-0.2, 0) is 28.7 Å². The summed E-state index contributed by atoms with van der Waals surface area (Å²) < 4.78 is 9.99. The predicted octanol–water partition coefficient (Wildman–Crippen LogP) is 2.92. The number of carbonyl (C=O) groups is 5. The van der Waals surface area contributed by atoms with Gasteiger partial charge in [-0.15, -0.1) is 0 Å². The molecule has 0 saturated heterocycles. The molecule has 0 saturated carbocycles. The van der Waals surface area contributed by atoms with Crippen molar-refractivity contribution in [3.63, 3.8) is 0 Å². The molecule has 9 heteroatoms. The molecule has 1 aliphatic rings. The molecule has 1 atom stereocenters. The first-order chi connectivity index (χ1) is 15.0. The number of ketones is 1. The lowest BCUT2D eigenvalue weighted by atomic mass is 9.94. The molecule has 0 bridgehead atoms. The monoisotopic (exact) mass is 452 g/mol. The molecular formula is C23H36N2O7. The summed E-state index contributed by atoms with van der Waals surface area (Å²) in [6.45, 7) is 6.14. The first kappa shape index (κ1) is 27.3. The van der Waals surface area contributed by atoms with Gasteiger partial charge in [0, 0.05) is 38.1 Å². The highest BCUT2D eigenvalue weighted by Crippen LogP contribution is 2.17. The molecule has 0 fully saturated rings. The van der Waals surface area contributed by atoms with Crippen LogP contribution >= 0.6 is 0 Å². The van der Waals surface area contributed by atoms with Crippen LogP contribution < -0.4 is 5.32 Å². The van der Waals surface area contributed by atoms with Crippen LogP contribution in [0.3, 0.4) is 0 Å². The van der Waals surface area contributed by atoms with Crippen LogP contribution in [0.4, 0.5) is 4.79 Å². The van der Waals surface area contributed by atoms with Crippen molar-refractivity contribution in [3.8, 4) is 0 Å². The van der Waals surface area contributed by atoms with Crippen LogP contribution in [0.15, 0.2) is 12.2 Å². The zero-order valence-corrected chi connectivity index (χ0v) is 19.6.